The van der Waals surface area contributed by atoms with Crippen LogP contribution in [0.1, 0.15) is 25.8 Å². The van der Waals surface area contributed by atoms with Crippen molar-refractivity contribution in [3.05, 3.63) is 72.9 Å². The third-order valence-corrected chi connectivity index (χ3v) is 7.79. The average Bonchev–Trinajstić information content (AvgIpc) is 3.37. The Morgan fingerprint density at radius 2 is 1.89 bits per heavy atom. The second-order valence-electron chi connectivity index (χ2n) is 9.49. The fraction of sp³-hybridized carbons (Fsp3) is 0.444. The van der Waals surface area contributed by atoms with Crippen molar-refractivity contribution in [1.29, 1.82) is 0 Å². The van der Waals surface area contributed by atoms with Gasteiger partial charge in [0.2, 0.25) is 10.0 Å². The van der Waals surface area contributed by atoms with Gasteiger partial charge in [-0.2, -0.15) is 4.31 Å². The van der Waals surface area contributed by atoms with Crippen molar-refractivity contribution in [1.82, 2.24) is 9.62 Å². The molecule has 1 heterocycles. The van der Waals surface area contributed by atoms with E-state index in [-0.39, 0.29) is 30.0 Å². The van der Waals surface area contributed by atoms with Crippen molar-refractivity contribution in [2.24, 2.45) is 5.92 Å². The molecule has 3 atom stereocenters. The van der Waals surface area contributed by atoms with E-state index >= 15 is 0 Å². The minimum absolute atomic E-state index is 0.0107. The molecule has 3 N–H and O–H groups in total. The molecule has 37 heavy (non-hydrogen) atoms. The lowest BCUT2D eigenvalue weighted by molar-refractivity contribution is 0.0644. The van der Waals surface area contributed by atoms with Crippen LogP contribution in [-0.2, 0) is 25.9 Å². The van der Waals surface area contributed by atoms with Gasteiger partial charge in [-0.05, 0) is 48.4 Å². The van der Waals surface area contributed by atoms with E-state index in [4.69, 9.17) is 9.47 Å². The van der Waals surface area contributed by atoms with Crippen LogP contribution >= 0.6 is 0 Å². The molecule has 10 heteroatoms. The molecule has 202 valence electrons. The highest BCUT2D eigenvalue weighted by atomic mass is 32.2. The number of rotatable bonds is 13. The van der Waals surface area contributed by atoms with Gasteiger partial charge < -0.3 is 25.2 Å². The maximum absolute atomic E-state index is 13.6. The number of sulfonamides is 1. The van der Waals surface area contributed by atoms with Gasteiger partial charge in [0.15, 0.2) is 0 Å². The van der Waals surface area contributed by atoms with Crippen molar-refractivity contribution < 1.29 is 27.8 Å². The summed E-state index contributed by atoms with van der Waals surface area (Å²) in [5.41, 5.74) is 1.60. The minimum atomic E-state index is -3.92. The fourth-order valence-electron chi connectivity index (χ4n) is 4.10. The number of amides is 1. The van der Waals surface area contributed by atoms with E-state index in [0.717, 1.165) is 5.56 Å². The van der Waals surface area contributed by atoms with Gasteiger partial charge in [0.25, 0.3) is 0 Å². The van der Waals surface area contributed by atoms with Crippen molar-refractivity contribution in [2.45, 2.75) is 49.8 Å². The molecule has 0 spiro atoms. The van der Waals surface area contributed by atoms with Crippen LogP contribution < -0.4 is 10.6 Å². The standard InChI is InChI=1S/C27H37N3O6S/c1-4-28-22-10-12-24(13-11-22)37(33,34)30(17-20(2)3)18-26(31)25(16-21-8-6-5-7-9-21)29-27(32)36-23-14-15-35-19-23/h4-13,20,23,25-26,28,31H,1,14-19H2,2-3H3,(H,29,32)/t23-,25-,26+/m0/s1. The van der Waals surface area contributed by atoms with Gasteiger partial charge in [-0.15, -0.1) is 0 Å². The number of alkyl carbamates (subject to hydrolysis) is 1. The van der Waals surface area contributed by atoms with Crippen LogP contribution in [0.4, 0.5) is 10.5 Å². The van der Waals surface area contributed by atoms with Gasteiger partial charge in [-0.1, -0.05) is 50.8 Å². The van der Waals surface area contributed by atoms with E-state index in [0.29, 0.717) is 31.7 Å². The summed E-state index contributed by atoms with van der Waals surface area (Å²) >= 11 is 0. The molecule has 0 radical (unpaired) electrons. The Morgan fingerprint density at radius 1 is 1.19 bits per heavy atom. The number of aliphatic hydroxyl groups is 1. The first kappa shape index (κ1) is 28.6. The third kappa shape index (κ3) is 8.57. The van der Waals surface area contributed by atoms with E-state index in [9.17, 15) is 18.3 Å². The van der Waals surface area contributed by atoms with Crippen molar-refractivity contribution in [2.75, 3.05) is 31.6 Å². The number of benzene rings is 2. The molecule has 0 bridgehead atoms. The number of nitrogens with zero attached hydrogens (tertiary/aromatic N) is 1. The topological polar surface area (TPSA) is 117 Å². The lowest BCUT2D eigenvalue weighted by Crippen LogP contribution is -2.51. The summed E-state index contributed by atoms with van der Waals surface area (Å²) in [5.74, 6) is 0.0107. The van der Waals surface area contributed by atoms with Crippen molar-refractivity contribution >= 4 is 21.8 Å². The zero-order chi connectivity index (χ0) is 26.8. The molecule has 0 unspecified atom stereocenters. The smallest absolute Gasteiger partial charge is 0.407 e. The Morgan fingerprint density at radius 3 is 2.49 bits per heavy atom. The normalized spacial score (nSPS) is 17.4. The van der Waals surface area contributed by atoms with E-state index in [1.165, 1.54) is 22.6 Å². The third-order valence-electron chi connectivity index (χ3n) is 5.95. The first-order valence-electron chi connectivity index (χ1n) is 12.4. The van der Waals surface area contributed by atoms with Crippen molar-refractivity contribution in [3.63, 3.8) is 0 Å². The molecule has 0 saturated carbocycles. The van der Waals surface area contributed by atoms with Gasteiger partial charge in [-0.3, -0.25) is 0 Å². The Kier molecular flexibility index (Phi) is 10.5. The van der Waals surface area contributed by atoms with Crippen molar-refractivity contribution in [3.8, 4) is 0 Å². The van der Waals surface area contributed by atoms with Crippen LogP contribution in [0.25, 0.3) is 0 Å². The van der Waals surface area contributed by atoms with E-state index < -0.39 is 28.3 Å². The van der Waals surface area contributed by atoms with Gasteiger partial charge in [-0.25, -0.2) is 13.2 Å². The van der Waals surface area contributed by atoms with Gasteiger partial charge >= 0.3 is 6.09 Å². The lowest BCUT2D eigenvalue weighted by atomic mass is 10.0. The van der Waals surface area contributed by atoms with Crippen LogP contribution in [0.5, 0.6) is 0 Å². The first-order chi connectivity index (χ1) is 17.7. The quantitative estimate of drug-likeness (QED) is 0.363. The summed E-state index contributed by atoms with van der Waals surface area (Å²) in [4.78, 5) is 12.7. The maximum Gasteiger partial charge on any atom is 0.407 e. The van der Waals surface area contributed by atoms with Crippen LogP contribution in [0.3, 0.4) is 0 Å². The highest BCUT2D eigenvalue weighted by molar-refractivity contribution is 7.89. The zero-order valence-electron chi connectivity index (χ0n) is 21.4. The van der Waals surface area contributed by atoms with Gasteiger partial charge in [0.1, 0.15) is 6.10 Å². The molecule has 9 nitrogen and oxygen atoms in total. The molecule has 1 saturated heterocycles. The molecule has 3 rings (SSSR count). The summed E-state index contributed by atoms with van der Waals surface area (Å²) < 4.78 is 39.1. The number of carbonyl (C=O) groups excluding carboxylic acids is 1. The summed E-state index contributed by atoms with van der Waals surface area (Å²) in [5, 5.41) is 16.9. The highest BCUT2D eigenvalue weighted by Crippen LogP contribution is 2.21. The molecule has 1 aliphatic rings. The molecule has 2 aromatic carbocycles. The number of hydrogen-bond donors (Lipinski definition) is 3. The van der Waals surface area contributed by atoms with Crippen LogP contribution in [0.2, 0.25) is 0 Å². The summed E-state index contributed by atoms with van der Waals surface area (Å²) in [6.45, 7) is 8.29. The van der Waals surface area contributed by atoms with Crippen LogP contribution in [-0.4, -0.2) is 68.5 Å². The molecule has 2 aromatic rings. The predicted octanol–water partition coefficient (Wildman–Crippen LogP) is 3.38. The lowest BCUT2D eigenvalue weighted by Gasteiger charge is -2.30. The largest absolute Gasteiger partial charge is 0.444 e. The van der Waals surface area contributed by atoms with Crippen LogP contribution in [0, 0.1) is 5.92 Å². The molecule has 1 aliphatic heterocycles. The van der Waals surface area contributed by atoms with Gasteiger partial charge in [0.05, 0.1) is 30.3 Å². The molecule has 1 amide bonds. The van der Waals surface area contributed by atoms with Crippen LogP contribution in [0.15, 0.2) is 72.3 Å². The zero-order valence-corrected chi connectivity index (χ0v) is 22.2. The number of nitrogens with one attached hydrogen (secondary N) is 2. The Bertz CT molecular complexity index is 1100. The molecular weight excluding hydrogens is 494 g/mol. The minimum Gasteiger partial charge on any atom is -0.444 e. The summed E-state index contributed by atoms with van der Waals surface area (Å²) in [6, 6.07) is 15.0. The van der Waals surface area contributed by atoms with E-state index in [1.54, 1.807) is 12.1 Å². The first-order valence-corrected chi connectivity index (χ1v) is 13.9. The molecule has 0 aliphatic carbocycles. The predicted molar refractivity (Wildman–Crippen MR) is 143 cm³/mol. The molecular formula is C27H37N3O6S. The van der Waals surface area contributed by atoms with E-state index in [2.05, 4.69) is 17.2 Å². The van der Waals surface area contributed by atoms with Gasteiger partial charge in [0, 0.05) is 25.2 Å². The molecule has 0 aromatic heterocycles. The number of carbonyl (C=O) groups is 1. The summed E-state index contributed by atoms with van der Waals surface area (Å²) in [7, 11) is -3.92. The number of ether oxygens (including phenoxy) is 2. The second kappa shape index (κ2) is 13.6. The maximum atomic E-state index is 13.6. The Hall–Kier alpha value is -2.92. The molecule has 1 fully saturated rings. The Balaban J connectivity index is 1.80. The number of anilines is 1. The van der Waals surface area contributed by atoms with E-state index in [1.807, 2.05) is 44.2 Å². The average molecular weight is 532 g/mol. The fourth-order valence-corrected chi connectivity index (χ4v) is 5.72. The number of aliphatic hydroxyl groups excluding tert-OH is 1. The summed E-state index contributed by atoms with van der Waals surface area (Å²) in [6.07, 6.45) is 0.222. The number of hydrogen-bond acceptors (Lipinski definition) is 7. The second-order valence-corrected chi connectivity index (χ2v) is 11.4. The SMILES string of the molecule is C=CNc1ccc(S(=O)(=O)N(CC(C)C)C[C@@H](O)[C@H](Cc2ccccc2)NC(=O)O[C@H]2CCOC2)cc1. The monoisotopic (exact) mass is 531 g/mol. The highest BCUT2D eigenvalue weighted by Gasteiger charge is 2.32. The Labute approximate surface area is 219 Å².